The molecular weight excluding hydrogens is 204 g/mol. The van der Waals surface area contributed by atoms with Gasteiger partial charge in [0.1, 0.15) is 5.69 Å². The predicted octanol–water partition coefficient (Wildman–Crippen LogP) is 0.921. The summed E-state index contributed by atoms with van der Waals surface area (Å²) in [5.74, 6) is 0.496. The van der Waals surface area contributed by atoms with E-state index in [1.54, 1.807) is 7.05 Å². The van der Waals surface area contributed by atoms with Gasteiger partial charge in [-0.2, -0.15) is 5.10 Å². The van der Waals surface area contributed by atoms with Crippen molar-refractivity contribution in [1.29, 1.82) is 0 Å². The number of nitrogens with one attached hydrogen (secondary N) is 1. The van der Waals surface area contributed by atoms with E-state index in [4.69, 9.17) is 5.73 Å². The minimum absolute atomic E-state index is 0.128. The Bertz CT molecular complexity index is 375. The molecule has 0 spiro atoms. The van der Waals surface area contributed by atoms with Crippen LogP contribution in [0.2, 0.25) is 0 Å². The Morgan fingerprint density at radius 2 is 2.38 bits per heavy atom. The normalized spacial score (nSPS) is 17.9. The fourth-order valence-electron chi connectivity index (χ4n) is 2.07. The minimum atomic E-state index is -0.128. The summed E-state index contributed by atoms with van der Waals surface area (Å²) in [5, 5.41) is 6.94. The van der Waals surface area contributed by atoms with Gasteiger partial charge in [-0.15, -0.1) is 0 Å². The summed E-state index contributed by atoms with van der Waals surface area (Å²) in [6.07, 6.45) is 5.20. The van der Waals surface area contributed by atoms with E-state index < -0.39 is 0 Å². The van der Waals surface area contributed by atoms with E-state index in [2.05, 4.69) is 10.4 Å². The number of anilines is 1. The molecule has 1 aromatic heterocycles. The van der Waals surface area contributed by atoms with Gasteiger partial charge in [0.2, 0.25) is 0 Å². The van der Waals surface area contributed by atoms with Crippen LogP contribution in [0, 0.1) is 5.92 Å². The third-order valence-corrected chi connectivity index (χ3v) is 3.40. The number of rotatable bonds is 3. The molecule has 1 unspecified atom stereocenters. The molecule has 0 bridgehead atoms. The number of carbonyl (C=O) groups excluding carboxylic acids is 1. The van der Waals surface area contributed by atoms with Crippen LogP contribution in [-0.2, 0) is 7.05 Å². The molecule has 1 heterocycles. The molecule has 1 fully saturated rings. The first-order chi connectivity index (χ1) is 7.59. The van der Waals surface area contributed by atoms with Gasteiger partial charge in [0.15, 0.2) is 0 Å². The zero-order valence-electron chi connectivity index (χ0n) is 9.73. The number of nitrogen functional groups attached to an aromatic ring is 1. The fourth-order valence-corrected chi connectivity index (χ4v) is 2.07. The number of hydrogen-bond donors (Lipinski definition) is 2. The SMILES string of the molecule is CC(NC(=O)c1c(N)cnn1C)C1CCC1. The van der Waals surface area contributed by atoms with Crippen LogP contribution in [0.1, 0.15) is 36.7 Å². The second-order valence-corrected chi connectivity index (χ2v) is 4.53. The van der Waals surface area contributed by atoms with Crippen LogP contribution in [0.25, 0.3) is 0 Å². The third kappa shape index (κ3) is 1.89. The minimum Gasteiger partial charge on any atom is -0.396 e. The van der Waals surface area contributed by atoms with Gasteiger partial charge in [0.25, 0.3) is 5.91 Å². The Morgan fingerprint density at radius 3 is 2.81 bits per heavy atom. The first-order valence-electron chi connectivity index (χ1n) is 5.68. The van der Waals surface area contributed by atoms with Crippen LogP contribution in [0.4, 0.5) is 5.69 Å². The maximum absolute atomic E-state index is 12.0. The van der Waals surface area contributed by atoms with Crippen molar-refractivity contribution in [3.8, 4) is 0 Å². The molecule has 0 radical (unpaired) electrons. The quantitative estimate of drug-likeness (QED) is 0.798. The predicted molar refractivity (Wildman–Crippen MR) is 61.9 cm³/mol. The zero-order valence-corrected chi connectivity index (χ0v) is 9.73. The van der Waals surface area contributed by atoms with Crippen molar-refractivity contribution in [3.63, 3.8) is 0 Å². The maximum Gasteiger partial charge on any atom is 0.271 e. The smallest absolute Gasteiger partial charge is 0.271 e. The van der Waals surface area contributed by atoms with Crippen molar-refractivity contribution in [2.75, 3.05) is 5.73 Å². The molecule has 0 saturated heterocycles. The first-order valence-corrected chi connectivity index (χ1v) is 5.68. The first kappa shape index (κ1) is 11.0. The summed E-state index contributed by atoms with van der Waals surface area (Å²) in [6.45, 7) is 2.05. The van der Waals surface area contributed by atoms with E-state index >= 15 is 0 Å². The monoisotopic (exact) mass is 222 g/mol. The Labute approximate surface area is 95.0 Å². The van der Waals surface area contributed by atoms with Gasteiger partial charge < -0.3 is 11.1 Å². The molecule has 1 aromatic rings. The molecule has 5 heteroatoms. The van der Waals surface area contributed by atoms with Crippen LogP contribution < -0.4 is 11.1 Å². The highest BCUT2D eigenvalue weighted by Crippen LogP contribution is 2.29. The van der Waals surface area contributed by atoms with E-state index in [-0.39, 0.29) is 11.9 Å². The second kappa shape index (κ2) is 4.15. The molecule has 3 N–H and O–H groups in total. The van der Waals surface area contributed by atoms with Crippen LogP contribution in [0.15, 0.2) is 6.20 Å². The molecule has 1 amide bonds. The number of nitrogens with two attached hydrogens (primary N) is 1. The molecule has 16 heavy (non-hydrogen) atoms. The van der Waals surface area contributed by atoms with Gasteiger partial charge in [-0.1, -0.05) is 6.42 Å². The molecule has 1 atom stereocenters. The fraction of sp³-hybridized carbons (Fsp3) is 0.636. The average molecular weight is 222 g/mol. The lowest BCUT2D eigenvalue weighted by Gasteiger charge is -2.31. The van der Waals surface area contributed by atoms with Crippen LogP contribution in [0.3, 0.4) is 0 Å². The summed E-state index contributed by atoms with van der Waals surface area (Å²) in [4.78, 5) is 12.0. The summed E-state index contributed by atoms with van der Waals surface area (Å²) in [6, 6.07) is 0.218. The highest BCUT2D eigenvalue weighted by molar-refractivity contribution is 5.97. The van der Waals surface area contributed by atoms with Gasteiger partial charge in [0, 0.05) is 13.1 Å². The Kier molecular flexibility index (Phi) is 2.85. The summed E-state index contributed by atoms with van der Waals surface area (Å²) in [5.41, 5.74) is 6.58. The lowest BCUT2D eigenvalue weighted by molar-refractivity contribution is 0.0900. The van der Waals surface area contributed by atoms with Crippen LogP contribution >= 0.6 is 0 Å². The Morgan fingerprint density at radius 1 is 1.69 bits per heavy atom. The number of aromatic nitrogens is 2. The second-order valence-electron chi connectivity index (χ2n) is 4.53. The zero-order chi connectivity index (χ0) is 11.7. The van der Waals surface area contributed by atoms with Crippen molar-refractivity contribution < 1.29 is 4.79 Å². The highest BCUT2D eigenvalue weighted by Gasteiger charge is 2.26. The van der Waals surface area contributed by atoms with Crippen LogP contribution in [0.5, 0.6) is 0 Å². The van der Waals surface area contributed by atoms with E-state index in [9.17, 15) is 4.79 Å². The number of nitrogens with zero attached hydrogens (tertiary/aromatic N) is 2. The molecule has 1 aliphatic rings. The average Bonchev–Trinajstić information content (AvgIpc) is 2.42. The molecule has 88 valence electrons. The molecule has 0 aromatic carbocycles. The van der Waals surface area contributed by atoms with Crippen molar-refractivity contribution in [2.24, 2.45) is 13.0 Å². The van der Waals surface area contributed by atoms with E-state index in [0.717, 1.165) is 0 Å². The van der Waals surface area contributed by atoms with Gasteiger partial charge in [0.05, 0.1) is 11.9 Å². The highest BCUT2D eigenvalue weighted by atomic mass is 16.2. The molecule has 0 aliphatic heterocycles. The maximum atomic E-state index is 12.0. The number of amides is 1. The third-order valence-electron chi connectivity index (χ3n) is 3.40. The molecule has 5 nitrogen and oxygen atoms in total. The Balaban J connectivity index is 2.02. The number of carbonyl (C=O) groups is 1. The van der Waals surface area contributed by atoms with Gasteiger partial charge in [-0.05, 0) is 25.7 Å². The summed E-state index contributed by atoms with van der Waals surface area (Å²) < 4.78 is 1.51. The van der Waals surface area contributed by atoms with Crippen LogP contribution in [-0.4, -0.2) is 21.7 Å². The molecule has 1 saturated carbocycles. The Hall–Kier alpha value is -1.52. The molecule has 2 rings (SSSR count). The molecular formula is C11H18N4O. The van der Waals surface area contributed by atoms with Gasteiger partial charge in [-0.3, -0.25) is 9.48 Å². The van der Waals surface area contributed by atoms with Gasteiger partial charge >= 0.3 is 0 Å². The van der Waals surface area contributed by atoms with Crippen molar-refractivity contribution in [2.45, 2.75) is 32.2 Å². The van der Waals surface area contributed by atoms with E-state index in [1.165, 1.54) is 30.1 Å². The van der Waals surface area contributed by atoms with E-state index in [1.807, 2.05) is 6.92 Å². The lowest BCUT2D eigenvalue weighted by atomic mass is 9.80. The van der Waals surface area contributed by atoms with Crippen molar-refractivity contribution >= 4 is 11.6 Å². The summed E-state index contributed by atoms with van der Waals surface area (Å²) in [7, 11) is 1.72. The van der Waals surface area contributed by atoms with E-state index in [0.29, 0.717) is 17.3 Å². The molecule has 1 aliphatic carbocycles. The van der Waals surface area contributed by atoms with Crippen molar-refractivity contribution in [3.05, 3.63) is 11.9 Å². The largest absolute Gasteiger partial charge is 0.396 e. The lowest BCUT2D eigenvalue weighted by Crippen LogP contribution is -2.41. The van der Waals surface area contributed by atoms with Crippen molar-refractivity contribution in [1.82, 2.24) is 15.1 Å². The van der Waals surface area contributed by atoms with Gasteiger partial charge in [-0.25, -0.2) is 0 Å². The summed E-state index contributed by atoms with van der Waals surface area (Å²) >= 11 is 0. The number of hydrogen-bond acceptors (Lipinski definition) is 3. The topological polar surface area (TPSA) is 72.9 Å². The standard InChI is InChI=1S/C11H18N4O/c1-7(8-4-3-5-8)14-11(16)10-9(12)6-13-15(10)2/h6-8H,3-5,12H2,1-2H3,(H,14,16). The number of aryl methyl sites for hydroxylation is 1.